The Morgan fingerprint density at radius 1 is 1.11 bits per heavy atom. The number of carbonyl (C=O) groups is 1. The van der Waals surface area contributed by atoms with Crippen molar-refractivity contribution in [3.8, 4) is 0 Å². The molecule has 1 atom stereocenters. The highest BCUT2D eigenvalue weighted by Crippen LogP contribution is 2.13. The zero-order chi connectivity index (χ0) is 14.3. The van der Waals surface area contributed by atoms with Gasteiger partial charge in [-0.2, -0.15) is 0 Å². The van der Waals surface area contributed by atoms with Crippen LogP contribution in [0.3, 0.4) is 0 Å². The first-order chi connectivity index (χ1) is 9.16. The summed E-state index contributed by atoms with van der Waals surface area (Å²) in [5.74, 6) is 0.557. The third kappa shape index (κ3) is 15.2. The summed E-state index contributed by atoms with van der Waals surface area (Å²) >= 11 is 0. The van der Waals surface area contributed by atoms with Crippen LogP contribution in [0.2, 0.25) is 0 Å². The molecular weight excluding hydrogens is 236 g/mol. The Morgan fingerprint density at radius 3 is 2.47 bits per heavy atom. The summed E-state index contributed by atoms with van der Waals surface area (Å²) < 4.78 is 4.90. The third-order valence-electron chi connectivity index (χ3n) is 3.30. The lowest BCUT2D eigenvalue weighted by atomic mass is 10.0. The quantitative estimate of drug-likeness (QED) is 0.274. The maximum absolute atomic E-state index is 10.6. The van der Waals surface area contributed by atoms with E-state index in [1.165, 1.54) is 58.3 Å². The fraction of sp³-hybridized carbons (Fsp3) is 0.824. The first kappa shape index (κ1) is 18.2. The van der Waals surface area contributed by atoms with E-state index in [0.29, 0.717) is 6.61 Å². The lowest BCUT2D eigenvalue weighted by molar-refractivity contribution is -0.141. The first-order valence-corrected chi connectivity index (χ1v) is 7.96. The molecule has 2 nitrogen and oxygen atoms in total. The van der Waals surface area contributed by atoms with Gasteiger partial charge in [-0.3, -0.25) is 4.79 Å². The van der Waals surface area contributed by atoms with Crippen molar-refractivity contribution in [2.24, 2.45) is 5.92 Å². The second kappa shape index (κ2) is 13.6. The fourth-order valence-electron chi connectivity index (χ4n) is 2.06. The van der Waals surface area contributed by atoms with Gasteiger partial charge in [0.1, 0.15) is 0 Å². The van der Waals surface area contributed by atoms with Gasteiger partial charge >= 0.3 is 5.97 Å². The molecule has 19 heavy (non-hydrogen) atoms. The average molecular weight is 268 g/mol. The molecule has 0 aliphatic carbocycles. The standard InChI is InChI=1S/C17H32O2/c1-4-5-6-10-13-16(2)14-11-8-7-9-12-15-19-17(3)18/h10,13,16H,4-9,11-12,14-15H2,1-3H3/b13-10+/t16-/m1/s1. The number of ether oxygens (including phenoxy) is 1. The largest absolute Gasteiger partial charge is 0.466 e. The first-order valence-electron chi connectivity index (χ1n) is 7.96. The van der Waals surface area contributed by atoms with E-state index in [0.717, 1.165) is 12.3 Å². The van der Waals surface area contributed by atoms with Crippen LogP contribution in [-0.2, 0) is 9.53 Å². The lowest BCUT2D eigenvalue weighted by Crippen LogP contribution is -2.00. The molecule has 0 amide bonds. The van der Waals surface area contributed by atoms with Crippen LogP contribution in [0.5, 0.6) is 0 Å². The van der Waals surface area contributed by atoms with E-state index in [4.69, 9.17) is 4.74 Å². The van der Waals surface area contributed by atoms with Crippen molar-refractivity contribution in [1.82, 2.24) is 0 Å². The van der Waals surface area contributed by atoms with Gasteiger partial charge in [0, 0.05) is 6.92 Å². The van der Waals surface area contributed by atoms with Crippen LogP contribution < -0.4 is 0 Å². The second-order valence-electron chi connectivity index (χ2n) is 5.44. The minimum absolute atomic E-state index is 0.163. The number of hydrogen-bond acceptors (Lipinski definition) is 2. The van der Waals surface area contributed by atoms with E-state index in [-0.39, 0.29) is 5.97 Å². The van der Waals surface area contributed by atoms with E-state index < -0.39 is 0 Å². The monoisotopic (exact) mass is 268 g/mol. The molecule has 0 aromatic rings. The van der Waals surface area contributed by atoms with Crippen LogP contribution in [0, 0.1) is 5.92 Å². The average Bonchev–Trinajstić information content (AvgIpc) is 2.37. The molecule has 0 aromatic heterocycles. The molecule has 0 radical (unpaired) electrons. The van der Waals surface area contributed by atoms with Gasteiger partial charge in [0.05, 0.1) is 6.61 Å². The van der Waals surface area contributed by atoms with E-state index in [1.807, 2.05) is 0 Å². The van der Waals surface area contributed by atoms with E-state index in [2.05, 4.69) is 26.0 Å². The van der Waals surface area contributed by atoms with Crippen LogP contribution in [-0.4, -0.2) is 12.6 Å². The predicted molar refractivity (Wildman–Crippen MR) is 82.2 cm³/mol. The van der Waals surface area contributed by atoms with Crippen LogP contribution in [0.25, 0.3) is 0 Å². The fourth-order valence-corrected chi connectivity index (χ4v) is 2.06. The molecule has 0 rings (SSSR count). The number of allylic oxidation sites excluding steroid dienone is 2. The topological polar surface area (TPSA) is 26.3 Å². The normalized spacial score (nSPS) is 12.8. The van der Waals surface area contributed by atoms with Crippen molar-refractivity contribution in [2.45, 2.75) is 78.6 Å². The minimum atomic E-state index is -0.163. The molecule has 0 spiro atoms. The Bertz CT molecular complexity index is 233. The van der Waals surface area contributed by atoms with Crippen molar-refractivity contribution in [3.63, 3.8) is 0 Å². The van der Waals surface area contributed by atoms with Crippen molar-refractivity contribution in [3.05, 3.63) is 12.2 Å². The molecule has 0 saturated carbocycles. The highest BCUT2D eigenvalue weighted by Gasteiger charge is 1.98. The summed E-state index contributed by atoms with van der Waals surface area (Å²) in [6.07, 6.45) is 15.9. The van der Waals surface area contributed by atoms with Crippen molar-refractivity contribution in [1.29, 1.82) is 0 Å². The molecule has 0 fully saturated rings. The summed E-state index contributed by atoms with van der Waals surface area (Å²) in [6.45, 7) is 6.60. The number of unbranched alkanes of at least 4 members (excludes halogenated alkanes) is 6. The van der Waals surface area contributed by atoms with Crippen molar-refractivity contribution >= 4 is 5.97 Å². The molecule has 0 bridgehead atoms. The van der Waals surface area contributed by atoms with Gasteiger partial charge in [0.25, 0.3) is 0 Å². The van der Waals surface area contributed by atoms with Crippen LogP contribution >= 0.6 is 0 Å². The van der Waals surface area contributed by atoms with Gasteiger partial charge in [-0.15, -0.1) is 0 Å². The Kier molecular flexibility index (Phi) is 13.1. The van der Waals surface area contributed by atoms with Crippen LogP contribution in [0.15, 0.2) is 12.2 Å². The molecule has 0 heterocycles. The molecule has 0 unspecified atom stereocenters. The lowest BCUT2D eigenvalue weighted by Gasteiger charge is -2.06. The maximum atomic E-state index is 10.6. The molecule has 0 aliphatic rings. The molecule has 0 saturated heterocycles. The number of carbonyl (C=O) groups excluding carboxylic acids is 1. The third-order valence-corrected chi connectivity index (χ3v) is 3.30. The molecule has 0 aromatic carbocycles. The molecular formula is C17H32O2. The maximum Gasteiger partial charge on any atom is 0.302 e. The van der Waals surface area contributed by atoms with Gasteiger partial charge in [-0.1, -0.05) is 64.5 Å². The SMILES string of the molecule is CCCC/C=C/[C@@H](C)CCCCCCCOC(C)=O. The van der Waals surface area contributed by atoms with Crippen molar-refractivity contribution < 1.29 is 9.53 Å². The summed E-state index contributed by atoms with van der Waals surface area (Å²) in [4.78, 5) is 10.6. The van der Waals surface area contributed by atoms with Gasteiger partial charge < -0.3 is 4.74 Å². The highest BCUT2D eigenvalue weighted by molar-refractivity contribution is 5.65. The molecule has 2 heteroatoms. The highest BCUT2D eigenvalue weighted by atomic mass is 16.5. The van der Waals surface area contributed by atoms with Crippen molar-refractivity contribution in [2.75, 3.05) is 6.61 Å². The number of hydrogen-bond donors (Lipinski definition) is 0. The Hall–Kier alpha value is -0.790. The van der Waals surface area contributed by atoms with Gasteiger partial charge in [0.2, 0.25) is 0 Å². The number of esters is 1. The van der Waals surface area contributed by atoms with Crippen LogP contribution in [0.4, 0.5) is 0 Å². The van der Waals surface area contributed by atoms with Gasteiger partial charge in [-0.25, -0.2) is 0 Å². The Labute approximate surface area is 119 Å². The zero-order valence-corrected chi connectivity index (χ0v) is 13.1. The Balaban J connectivity index is 3.24. The molecule has 112 valence electrons. The van der Waals surface area contributed by atoms with E-state index in [1.54, 1.807) is 0 Å². The van der Waals surface area contributed by atoms with E-state index in [9.17, 15) is 4.79 Å². The second-order valence-corrected chi connectivity index (χ2v) is 5.44. The summed E-state index contributed by atoms with van der Waals surface area (Å²) in [6, 6.07) is 0. The Morgan fingerprint density at radius 2 is 1.79 bits per heavy atom. The predicted octanol–water partition coefficient (Wildman–Crippen LogP) is 5.27. The summed E-state index contributed by atoms with van der Waals surface area (Å²) in [7, 11) is 0. The molecule has 0 aliphatic heterocycles. The smallest absolute Gasteiger partial charge is 0.302 e. The van der Waals surface area contributed by atoms with Gasteiger partial charge in [-0.05, 0) is 25.2 Å². The van der Waals surface area contributed by atoms with Crippen LogP contribution in [0.1, 0.15) is 78.6 Å². The minimum Gasteiger partial charge on any atom is -0.466 e. The van der Waals surface area contributed by atoms with Gasteiger partial charge in [0.15, 0.2) is 0 Å². The summed E-state index contributed by atoms with van der Waals surface area (Å²) in [5, 5.41) is 0. The zero-order valence-electron chi connectivity index (χ0n) is 13.1. The number of rotatable bonds is 12. The molecule has 0 N–H and O–H groups in total. The summed E-state index contributed by atoms with van der Waals surface area (Å²) in [5.41, 5.74) is 0. The van der Waals surface area contributed by atoms with E-state index >= 15 is 0 Å².